The molecule has 18 heavy (non-hydrogen) atoms. The minimum Gasteiger partial charge on any atom is -0.331 e. The number of H-pyrrole nitrogens is 1. The molecule has 1 aromatic carbocycles. The first kappa shape index (κ1) is 11.2. The fourth-order valence-corrected chi connectivity index (χ4v) is 2.38. The van der Waals surface area contributed by atoms with Crippen LogP contribution in [0.15, 0.2) is 42.7 Å². The maximum atomic E-state index is 5.38. The third kappa shape index (κ3) is 1.95. The van der Waals surface area contributed by atoms with Crippen LogP contribution in [-0.2, 0) is 6.54 Å². The molecule has 0 unspecified atom stereocenters. The summed E-state index contributed by atoms with van der Waals surface area (Å²) in [4.78, 5) is 7.38. The second-order valence-corrected chi connectivity index (χ2v) is 4.78. The second kappa shape index (κ2) is 4.38. The Hall–Kier alpha value is -1.94. The van der Waals surface area contributed by atoms with Crippen molar-refractivity contribution in [1.82, 2.24) is 14.5 Å². The highest BCUT2D eigenvalue weighted by atomic mass is 32.1. The summed E-state index contributed by atoms with van der Waals surface area (Å²) >= 11 is 5.38. The minimum atomic E-state index is 0.746. The molecule has 2 heterocycles. The van der Waals surface area contributed by atoms with E-state index in [2.05, 4.69) is 45.7 Å². The van der Waals surface area contributed by atoms with E-state index < -0.39 is 0 Å². The van der Waals surface area contributed by atoms with Crippen LogP contribution in [0.5, 0.6) is 0 Å². The first-order valence-electron chi connectivity index (χ1n) is 5.82. The van der Waals surface area contributed by atoms with E-state index in [9.17, 15) is 0 Å². The maximum absolute atomic E-state index is 5.38. The summed E-state index contributed by atoms with van der Waals surface area (Å²) in [5.74, 6) is 0. The van der Waals surface area contributed by atoms with Gasteiger partial charge in [0, 0.05) is 12.4 Å². The molecule has 0 saturated heterocycles. The Balaban J connectivity index is 2.12. The Morgan fingerprint density at radius 2 is 2.22 bits per heavy atom. The van der Waals surface area contributed by atoms with Gasteiger partial charge in [0.2, 0.25) is 0 Å². The molecule has 0 aliphatic heterocycles. The Kier molecular flexibility index (Phi) is 2.72. The number of pyridine rings is 1. The average Bonchev–Trinajstić information content (AvgIpc) is 2.66. The van der Waals surface area contributed by atoms with E-state index in [4.69, 9.17) is 12.2 Å². The molecule has 0 aliphatic carbocycles. The smallest absolute Gasteiger partial charge is 0.178 e. The number of fused-ring (bicyclic) bond motifs is 1. The molecule has 0 spiro atoms. The summed E-state index contributed by atoms with van der Waals surface area (Å²) in [6, 6.07) is 10.3. The third-order valence-corrected chi connectivity index (χ3v) is 3.32. The number of aromatic nitrogens is 3. The van der Waals surface area contributed by atoms with Gasteiger partial charge in [-0.2, -0.15) is 0 Å². The molecule has 0 aliphatic rings. The summed E-state index contributed by atoms with van der Waals surface area (Å²) < 4.78 is 2.85. The van der Waals surface area contributed by atoms with E-state index >= 15 is 0 Å². The lowest BCUT2D eigenvalue weighted by atomic mass is 10.2. The largest absolute Gasteiger partial charge is 0.331 e. The predicted octanol–water partition coefficient (Wildman–Crippen LogP) is 3.45. The normalized spacial score (nSPS) is 10.9. The molecule has 4 heteroatoms. The van der Waals surface area contributed by atoms with Gasteiger partial charge in [0.15, 0.2) is 4.77 Å². The monoisotopic (exact) mass is 255 g/mol. The van der Waals surface area contributed by atoms with Gasteiger partial charge in [-0.15, -0.1) is 0 Å². The zero-order chi connectivity index (χ0) is 12.5. The third-order valence-electron chi connectivity index (χ3n) is 2.99. The molecule has 3 aromatic rings. The number of hydrogen-bond acceptors (Lipinski definition) is 2. The summed E-state index contributed by atoms with van der Waals surface area (Å²) in [6.45, 7) is 2.82. The summed E-state index contributed by atoms with van der Waals surface area (Å²) in [7, 11) is 0. The lowest BCUT2D eigenvalue weighted by Crippen LogP contribution is -1.99. The summed E-state index contributed by atoms with van der Waals surface area (Å²) in [5.41, 5.74) is 4.60. The molecule has 0 saturated carbocycles. The van der Waals surface area contributed by atoms with Crippen molar-refractivity contribution in [3.8, 4) is 0 Å². The van der Waals surface area contributed by atoms with Crippen LogP contribution < -0.4 is 0 Å². The minimum absolute atomic E-state index is 0.746. The van der Waals surface area contributed by atoms with Crippen LogP contribution in [0.2, 0.25) is 0 Å². The lowest BCUT2D eigenvalue weighted by molar-refractivity contribution is 0.806. The number of aromatic amines is 1. The predicted molar refractivity (Wildman–Crippen MR) is 75.2 cm³/mol. The number of nitrogens with zero attached hydrogens (tertiary/aromatic N) is 2. The van der Waals surface area contributed by atoms with E-state index in [1.165, 1.54) is 5.56 Å². The van der Waals surface area contributed by atoms with Gasteiger partial charge >= 0.3 is 0 Å². The van der Waals surface area contributed by atoms with Crippen molar-refractivity contribution >= 4 is 23.3 Å². The van der Waals surface area contributed by atoms with E-state index in [-0.39, 0.29) is 0 Å². The Bertz CT molecular complexity index is 741. The maximum Gasteiger partial charge on any atom is 0.178 e. The SMILES string of the molecule is Cc1ccc2c(c1)[nH]c(=S)n2Cc1cccnc1. The van der Waals surface area contributed by atoms with Crippen molar-refractivity contribution < 1.29 is 0 Å². The molecule has 3 nitrogen and oxygen atoms in total. The van der Waals surface area contributed by atoms with Crippen molar-refractivity contribution in [3.05, 3.63) is 58.6 Å². The molecule has 1 N–H and O–H groups in total. The van der Waals surface area contributed by atoms with E-state index in [1.54, 1.807) is 6.20 Å². The first-order valence-corrected chi connectivity index (χ1v) is 6.23. The lowest BCUT2D eigenvalue weighted by Gasteiger charge is -2.04. The van der Waals surface area contributed by atoms with Crippen molar-refractivity contribution in [2.24, 2.45) is 0 Å². The van der Waals surface area contributed by atoms with E-state index in [0.29, 0.717) is 0 Å². The first-order chi connectivity index (χ1) is 8.74. The Labute approximate surface area is 110 Å². The van der Waals surface area contributed by atoms with Crippen LogP contribution in [0.1, 0.15) is 11.1 Å². The van der Waals surface area contributed by atoms with Gasteiger partial charge in [-0.1, -0.05) is 12.1 Å². The number of hydrogen-bond donors (Lipinski definition) is 1. The number of aryl methyl sites for hydroxylation is 1. The average molecular weight is 255 g/mol. The molecule has 0 amide bonds. The van der Waals surface area contributed by atoms with Gasteiger partial charge in [0.25, 0.3) is 0 Å². The molecule has 2 aromatic heterocycles. The highest BCUT2D eigenvalue weighted by Gasteiger charge is 2.05. The fourth-order valence-electron chi connectivity index (χ4n) is 2.11. The number of rotatable bonds is 2. The molecule has 3 rings (SSSR count). The van der Waals surface area contributed by atoms with Crippen molar-refractivity contribution in [3.63, 3.8) is 0 Å². The zero-order valence-electron chi connectivity index (χ0n) is 10.1. The number of benzene rings is 1. The molecule has 0 fully saturated rings. The van der Waals surface area contributed by atoms with Crippen LogP contribution in [0, 0.1) is 11.7 Å². The van der Waals surface area contributed by atoms with Crippen molar-refractivity contribution in [2.45, 2.75) is 13.5 Å². The molecule has 0 atom stereocenters. The van der Waals surface area contributed by atoms with Gasteiger partial charge in [-0.3, -0.25) is 4.98 Å². The molecule has 90 valence electrons. The van der Waals surface area contributed by atoms with Crippen LogP contribution in [0.25, 0.3) is 11.0 Å². The zero-order valence-corrected chi connectivity index (χ0v) is 10.9. The van der Waals surface area contributed by atoms with Crippen molar-refractivity contribution in [1.29, 1.82) is 0 Å². The van der Waals surface area contributed by atoms with Crippen LogP contribution in [-0.4, -0.2) is 14.5 Å². The Morgan fingerprint density at radius 3 is 3.00 bits per heavy atom. The summed E-state index contributed by atoms with van der Waals surface area (Å²) in [6.07, 6.45) is 3.65. The van der Waals surface area contributed by atoms with Gasteiger partial charge in [0.05, 0.1) is 17.6 Å². The van der Waals surface area contributed by atoms with Crippen LogP contribution >= 0.6 is 12.2 Å². The molecular weight excluding hydrogens is 242 g/mol. The molecule has 0 bridgehead atoms. The fraction of sp³-hybridized carbons (Fsp3) is 0.143. The van der Waals surface area contributed by atoms with Gasteiger partial charge in [-0.05, 0) is 48.5 Å². The van der Waals surface area contributed by atoms with Gasteiger partial charge in [-0.25, -0.2) is 0 Å². The van der Waals surface area contributed by atoms with Crippen LogP contribution in [0.3, 0.4) is 0 Å². The molecule has 0 radical (unpaired) electrons. The quantitative estimate of drug-likeness (QED) is 0.712. The van der Waals surface area contributed by atoms with Crippen LogP contribution in [0.4, 0.5) is 0 Å². The standard InChI is InChI=1S/C14H13N3S/c1-10-4-5-13-12(7-10)16-14(18)17(13)9-11-3-2-6-15-8-11/h2-8H,9H2,1H3,(H,16,18). The molecular formula is C14H13N3S. The highest BCUT2D eigenvalue weighted by Crippen LogP contribution is 2.17. The topological polar surface area (TPSA) is 33.6 Å². The van der Waals surface area contributed by atoms with Gasteiger partial charge < -0.3 is 9.55 Å². The second-order valence-electron chi connectivity index (χ2n) is 4.40. The van der Waals surface area contributed by atoms with Gasteiger partial charge in [0.1, 0.15) is 0 Å². The van der Waals surface area contributed by atoms with Crippen molar-refractivity contribution in [2.75, 3.05) is 0 Å². The van der Waals surface area contributed by atoms with E-state index in [0.717, 1.165) is 27.9 Å². The highest BCUT2D eigenvalue weighted by molar-refractivity contribution is 7.71. The summed E-state index contributed by atoms with van der Waals surface area (Å²) in [5, 5.41) is 0. The van der Waals surface area contributed by atoms with E-state index in [1.807, 2.05) is 12.3 Å². The Morgan fingerprint density at radius 1 is 1.33 bits per heavy atom. The number of nitrogens with one attached hydrogen (secondary N) is 1. The number of imidazole rings is 1.